The average molecular weight is 241 g/mol. The first kappa shape index (κ1) is 14.5. The van der Waals surface area contributed by atoms with Crippen molar-refractivity contribution >= 4 is 5.97 Å². The molecule has 1 aliphatic rings. The summed E-state index contributed by atoms with van der Waals surface area (Å²) in [6, 6.07) is 0.349. The summed E-state index contributed by atoms with van der Waals surface area (Å²) in [5.74, 6) is -0.106. The van der Waals surface area contributed by atoms with Crippen LogP contribution in [0, 0.1) is 5.92 Å². The van der Waals surface area contributed by atoms with E-state index < -0.39 is 11.5 Å². The number of likely N-dealkylation sites (N-methyl/N-ethyl adjacent to an activating group) is 1. The molecule has 0 heterocycles. The third kappa shape index (κ3) is 3.01. The molecule has 0 aromatic rings. The highest BCUT2D eigenvalue weighted by Gasteiger charge is 2.46. The summed E-state index contributed by atoms with van der Waals surface area (Å²) in [6.45, 7) is 6.48. The predicted octanol–water partition coefficient (Wildman–Crippen LogP) is 3.14. The summed E-state index contributed by atoms with van der Waals surface area (Å²) in [6.07, 6.45) is 5.99. The largest absolute Gasteiger partial charge is 0.480 e. The summed E-state index contributed by atoms with van der Waals surface area (Å²) >= 11 is 0. The first-order valence-electron chi connectivity index (χ1n) is 6.90. The molecule has 3 atom stereocenters. The SMILES string of the molecule is CCCC(C)N(C)C1(C(=O)O)CCCC(C)C1. The molecule has 0 saturated heterocycles. The maximum absolute atomic E-state index is 11.7. The van der Waals surface area contributed by atoms with Gasteiger partial charge in [0.1, 0.15) is 5.54 Å². The second-order valence-corrected chi connectivity index (χ2v) is 5.79. The van der Waals surface area contributed by atoms with Gasteiger partial charge in [0.2, 0.25) is 0 Å². The highest BCUT2D eigenvalue weighted by molar-refractivity contribution is 5.79. The van der Waals surface area contributed by atoms with Crippen molar-refractivity contribution in [2.75, 3.05) is 7.05 Å². The molecular formula is C14H27NO2. The molecule has 3 heteroatoms. The van der Waals surface area contributed by atoms with E-state index in [-0.39, 0.29) is 0 Å². The molecular weight excluding hydrogens is 214 g/mol. The predicted molar refractivity (Wildman–Crippen MR) is 70.1 cm³/mol. The lowest BCUT2D eigenvalue weighted by Crippen LogP contribution is -2.58. The average Bonchev–Trinajstić information content (AvgIpc) is 2.28. The monoisotopic (exact) mass is 241 g/mol. The number of rotatable bonds is 5. The van der Waals surface area contributed by atoms with Crippen molar-refractivity contribution in [3.8, 4) is 0 Å². The fourth-order valence-electron chi connectivity index (χ4n) is 3.22. The molecule has 3 unspecified atom stereocenters. The van der Waals surface area contributed by atoms with E-state index in [0.29, 0.717) is 12.0 Å². The zero-order valence-electron chi connectivity index (χ0n) is 11.7. The zero-order chi connectivity index (χ0) is 13.1. The third-order valence-corrected chi connectivity index (χ3v) is 4.41. The van der Waals surface area contributed by atoms with Gasteiger partial charge in [-0.1, -0.05) is 33.1 Å². The minimum Gasteiger partial charge on any atom is -0.480 e. The molecule has 17 heavy (non-hydrogen) atoms. The second kappa shape index (κ2) is 5.85. The Morgan fingerprint density at radius 3 is 2.71 bits per heavy atom. The number of hydrogen-bond donors (Lipinski definition) is 1. The van der Waals surface area contributed by atoms with Crippen LogP contribution in [0.2, 0.25) is 0 Å². The quantitative estimate of drug-likeness (QED) is 0.804. The summed E-state index contributed by atoms with van der Waals surface area (Å²) in [5.41, 5.74) is -0.619. The van der Waals surface area contributed by atoms with Gasteiger partial charge in [-0.05, 0) is 39.2 Å². The molecule has 0 amide bonds. The van der Waals surface area contributed by atoms with Crippen molar-refractivity contribution in [3.05, 3.63) is 0 Å². The lowest BCUT2D eigenvalue weighted by Gasteiger charge is -2.46. The van der Waals surface area contributed by atoms with Crippen molar-refractivity contribution in [1.29, 1.82) is 0 Å². The van der Waals surface area contributed by atoms with Crippen molar-refractivity contribution in [2.24, 2.45) is 5.92 Å². The Morgan fingerprint density at radius 1 is 1.59 bits per heavy atom. The molecule has 1 aliphatic carbocycles. The Balaban J connectivity index is 2.87. The Bertz CT molecular complexity index is 267. The Hall–Kier alpha value is -0.570. The second-order valence-electron chi connectivity index (χ2n) is 5.79. The summed E-state index contributed by atoms with van der Waals surface area (Å²) in [5, 5.41) is 9.65. The summed E-state index contributed by atoms with van der Waals surface area (Å²) in [7, 11) is 1.99. The van der Waals surface area contributed by atoms with Crippen LogP contribution in [-0.2, 0) is 4.79 Å². The molecule has 100 valence electrons. The highest BCUT2D eigenvalue weighted by atomic mass is 16.4. The van der Waals surface area contributed by atoms with E-state index in [2.05, 4.69) is 25.7 Å². The summed E-state index contributed by atoms with van der Waals surface area (Å²) in [4.78, 5) is 13.8. The van der Waals surface area contributed by atoms with E-state index in [1.807, 2.05) is 7.05 Å². The van der Waals surface area contributed by atoms with Gasteiger partial charge in [-0.15, -0.1) is 0 Å². The van der Waals surface area contributed by atoms with Gasteiger partial charge < -0.3 is 5.11 Å². The zero-order valence-corrected chi connectivity index (χ0v) is 11.7. The Kier molecular flexibility index (Phi) is 4.99. The number of hydrogen-bond acceptors (Lipinski definition) is 2. The van der Waals surface area contributed by atoms with Crippen LogP contribution in [-0.4, -0.2) is 34.6 Å². The molecule has 0 bridgehead atoms. The maximum atomic E-state index is 11.7. The van der Waals surface area contributed by atoms with E-state index >= 15 is 0 Å². The molecule has 0 radical (unpaired) electrons. The van der Waals surface area contributed by atoms with Crippen LogP contribution in [0.4, 0.5) is 0 Å². The molecule has 0 aromatic carbocycles. The fourth-order valence-corrected chi connectivity index (χ4v) is 3.22. The number of nitrogens with zero attached hydrogens (tertiary/aromatic N) is 1. The van der Waals surface area contributed by atoms with E-state index in [9.17, 15) is 9.90 Å². The summed E-state index contributed by atoms with van der Waals surface area (Å²) < 4.78 is 0. The van der Waals surface area contributed by atoms with Gasteiger partial charge in [-0.3, -0.25) is 9.69 Å². The molecule has 1 saturated carbocycles. The standard InChI is InChI=1S/C14H27NO2/c1-5-7-12(3)15(4)14(13(16)17)9-6-8-11(2)10-14/h11-12H,5-10H2,1-4H3,(H,16,17). The minimum absolute atomic E-state index is 0.349. The number of aliphatic carboxylic acids is 1. The molecule has 1 rings (SSSR count). The maximum Gasteiger partial charge on any atom is 0.324 e. The van der Waals surface area contributed by atoms with Crippen molar-refractivity contribution in [2.45, 2.75) is 70.9 Å². The number of carboxylic acid groups (broad SMARTS) is 1. The molecule has 3 nitrogen and oxygen atoms in total. The van der Waals surface area contributed by atoms with Crippen molar-refractivity contribution in [3.63, 3.8) is 0 Å². The molecule has 1 N–H and O–H groups in total. The van der Waals surface area contributed by atoms with Gasteiger partial charge in [0.15, 0.2) is 0 Å². The fraction of sp³-hybridized carbons (Fsp3) is 0.929. The van der Waals surface area contributed by atoms with E-state index in [1.165, 1.54) is 6.42 Å². The first-order valence-corrected chi connectivity index (χ1v) is 6.90. The lowest BCUT2D eigenvalue weighted by atomic mass is 9.75. The van der Waals surface area contributed by atoms with Crippen LogP contribution in [0.1, 0.15) is 59.3 Å². The van der Waals surface area contributed by atoms with Gasteiger partial charge in [-0.25, -0.2) is 0 Å². The van der Waals surface area contributed by atoms with Crippen LogP contribution in [0.3, 0.4) is 0 Å². The van der Waals surface area contributed by atoms with Crippen LogP contribution in [0.15, 0.2) is 0 Å². The normalized spacial score (nSPS) is 31.5. The topological polar surface area (TPSA) is 40.5 Å². The van der Waals surface area contributed by atoms with Gasteiger partial charge >= 0.3 is 5.97 Å². The van der Waals surface area contributed by atoms with Crippen LogP contribution in [0.5, 0.6) is 0 Å². The number of carboxylic acids is 1. The van der Waals surface area contributed by atoms with E-state index in [0.717, 1.165) is 32.1 Å². The van der Waals surface area contributed by atoms with E-state index in [1.54, 1.807) is 0 Å². The highest BCUT2D eigenvalue weighted by Crippen LogP contribution is 2.37. The van der Waals surface area contributed by atoms with Crippen molar-refractivity contribution in [1.82, 2.24) is 4.90 Å². The van der Waals surface area contributed by atoms with Gasteiger partial charge in [0.05, 0.1) is 0 Å². The molecule has 1 fully saturated rings. The first-order chi connectivity index (χ1) is 7.94. The number of carbonyl (C=O) groups is 1. The Morgan fingerprint density at radius 2 is 2.24 bits per heavy atom. The smallest absolute Gasteiger partial charge is 0.324 e. The van der Waals surface area contributed by atoms with Crippen LogP contribution < -0.4 is 0 Å². The lowest BCUT2D eigenvalue weighted by molar-refractivity contribution is -0.156. The third-order valence-electron chi connectivity index (χ3n) is 4.41. The van der Waals surface area contributed by atoms with Gasteiger partial charge in [0, 0.05) is 6.04 Å². The van der Waals surface area contributed by atoms with E-state index in [4.69, 9.17) is 0 Å². The Labute approximate surface area is 105 Å². The minimum atomic E-state index is -0.630. The van der Waals surface area contributed by atoms with Crippen LogP contribution in [0.25, 0.3) is 0 Å². The molecule has 0 aliphatic heterocycles. The van der Waals surface area contributed by atoms with Gasteiger partial charge in [-0.2, -0.15) is 0 Å². The van der Waals surface area contributed by atoms with Crippen molar-refractivity contribution < 1.29 is 9.90 Å². The van der Waals surface area contributed by atoms with Crippen LogP contribution >= 0.6 is 0 Å². The van der Waals surface area contributed by atoms with Gasteiger partial charge in [0.25, 0.3) is 0 Å². The molecule has 0 spiro atoms. The molecule has 0 aromatic heterocycles.